The summed E-state index contributed by atoms with van der Waals surface area (Å²) in [7, 11) is -3.33. The normalized spacial score (nSPS) is 14.1. The number of rotatable bonds is 7. The van der Waals surface area contributed by atoms with Gasteiger partial charge in [-0.25, -0.2) is 18.4 Å². The molecule has 1 aromatic carbocycles. The molecule has 30 heavy (non-hydrogen) atoms. The van der Waals surface area contributed by atoms with Crippen LogP contribution in [-0.4, -0.2) is 29.6 Å². The first-order valence-electron chi connectivity index (χ1n) is 9.66. The molecule has 3 rings (SSSR count). The van der Waals surface area contributed by atoms with Gasteiger partial charge in [-0.2, -0.15) is 0 Å². The molecule has 0 saturated carbocycles. The van der Waals surface area contributed by atoms with Crippen molar-refractivity contribution in [3.8, 4) is 0 Å². The van der Waals surface area contributed by atoms with Crippen molar-refractivity contribution in [3.05, 3.63) is 63.2 Å². The fourth-order valence-electron chi connectivity index (χ4n) is 3.37. The number of aromatic amines is 1. The number of sulfone groups is 1. The first kappa shape index (κ1) is 22.2. The highest BCUT2D eigenvalue weighted by Gasteiger charge is 2.26. The molecule has 3 aromatic rings. The zero-order valence-corrected chi connectivity index (χ0v) is 18.9. The summed E-state index contributed by atoms with van der Waals surface area (Å²) in [6.45, 7) is 5.76. The Morgan fingerprint density at radius 2 is 1.93 bits per heavy atom. The minimum absolute atomic E-state index is 0.193. The lowest BCUT2D eigenvalue weighted by Gasteiger charge is -2.19. The summed E-state index contributed by atoms with van der Waals surface area (Å²) in [5.41, 5.74) is 1.26. The lowest BCUT2D eigenvalue weighted by Crippen LogP contribution is -2.21. The van der Waals surface area contributed by atoms with Crippen LogP contribution >= 0.6 is 11.6 Å². The summed E-state index contributed by atoms with van der Waals surface area (Å²) in [6.07, 6.45) is 3.22. The highest BCUT2D eigenvalue weighted by molar-refractivity contribution is 7.90. The van der Waals surface area contributed by atoms with Crippen molar-refractivity contribution in [1.29, 1.82) is 0 Å². The molecule has 0 aliphatic carbocycles. The van der Waals surface area contributed by atoms with Gasteiger partial charge in [-0.15, -0.1) is 0 Å². The number of halogens is 1. The summed E-state index contributed by atoms with van der Waals surface area (Å²) >= 11 is 6.16. The van der Waals surface area contributed by atoms with Crippen LogP contribution in [0.4, 0.5) is 5.95 Å². The second kappa shape index (κ2) is 8.73. The van der Waals surface area contributed by atoms with Gasteiger partial charge in [0.1, 0.15) is 5.25 Å². The summed E-state index contributed by atoms with van der Waals surface area (Å²) in [4.78, 5) is 24.0. The van der Waals surface area contributed by atoms with Crippen LogP contribution in [-0.2, 0) is 9.84 Å². The number of fused-ring (bicyclic) bond motifs is 1. The quantitative estimate of drug-likeness (QED) is 0.559. The van der Waals surface area contributed by atoms with Crippen LogP contribution in [0.3, 0.4) is 0 Å². The van der Waals surface area contributed by atoms with E-state index in [9.17, 15) is 13.2 Å². The monoisotopic (exact) mass is 448 g/mol. The number of hydrogen-bond donors (Lipinski definition) is 2. The first-order chi connectivity index (χ1) is 14.1. The SMILES string of the molecule is CC(C)CC(c1ccnc(N[C@@H](C)c2cc3cccc(Cl)c3[nH]c2=O)n1)S(C)(=O)=O. The molecule has 2 N–H and O–H groups in total. The highest BCUT2D eigenvalue weighted by Crippen LogP contribution is 2.28. The van der Waals surface area contributed by atoms with Crippen LogP contribution in [0.1, 0.15) is 49.7 Å². The average Bonchev–Trinajstić information content (AvgIpc) is 2.65. The van der Waals surface area contributed by atoms with E-state index < -0.39 is 21.1 Å². The van der Waals surface area contributed by atoms with Crippen LogP contribution < -0.4 is 10.9 Å². The summed E-state index contributed by atoms with van der Waals surface area (Å²) in [5, 5.41) is 3.69. The average molecular weight is 449 g/mol. The van der Waals surface area contributed by atoms with Gasteiger partial charge >= 0.3 is 0 Å². The molecule has 1 unspecified atom stereocenters. The Kier molecular flexibility index (Phi) is 6.47. The maximum atomic E-state index is 12.6. The lowest BCUT2D eigenvalue weighted by atomic mass is 10.1. The van der Waals surface area contributed by atoms with E-state index in [2.05, 4.69) is 20.3 Å². The number of H-pyrrole nitrogens is 1. The van der Waals surface area contributed by atoms with Gasteiger partial charge < -0.3 is 10.3 Å². The maximum Gasteiger partial charge on any atom is 0.253 e. The Balaban J connectivity index is 1.92. The van der Waals surface area contributed by atoms with E-state index in [1.165, 1.54) is 12.5 Å². The van der Waals surface area contributed by atoms with Gasteiger partial charge in [-0.1, -0.05) is 37.6 Å². The zero-order chi connectivity index (χ0) is 22.1. The van der Waals surface area contributed by atoms with Gasteiger partial charge in [0.25, 0.3) is 5.56 Å². The summed E-state index contributed by atoms with van der Waals surface area (Å²) < 4.78 is 24.6. The van der Waals surface area contributed by atoms with Gasteiger partial charge in [0.05, 0.1) is 22.3 Å². The second-order valence-corrected chi connectivity index (χ2v) is 10.5. The Labute approximate surface area is 180 Å². The summed E-state index contributed by atoms with van der Waals surface area (Å²) in [5.74, 6) is 0.459. The predicted molar refractivity (Wildman–Crippen MR) is 121 cm³/mol. The number of pyridine rings is 1. The van der Waals surface area contributed by atoms with Gasteiger partial charge in [-0.05, 0) is 37.5 Å². The predicted octanol–water partition coefficient (Wildman–Crippen LogP) is 4.28. The number of hydrogen-bond acceptors (Lipinski definition) is 6. The molecule has 0 fully saturated rings. The Bertz CT molecular complexity index is 1220. The number of nitrogens with zero attached hydrogens (tertiary/aromatic N) is 2. The number of para-hydroxylation sites is 1. The van der Waals surface area contributed by atoms with E-state index in [1.807, 2.05) is 32.9 Å². The molecule has 0 spiro atoms. The molecule has 0 aliphatic heterocycles. The van der Waals surface area contributed by atoms with Crippen molar-refractivity contribution in [1.82, 2.24) is 15.0 Å². The zero-order valence-electron chi connectivity index (χ0n) is 17.3. The third-order valence-electron chi connectivity index (χ3n) is 4.88. The van der Waals surface area contributed by atoms with E-state index in [-0.39, 0.29) is 17.4 Å². The van der Waals surface area contributed by atoms with E-state index in [0.717, 1.165) is 5.39 Å². The Hall–Kier alpha value is -2.45. The molecule has 2 atom stereocenters. The molecule has 2 heterocycles. The number of benzene rings is 1. The van der Waals surface area contributed by atoms with Gasteiger partial charge in [0.15, 0.2) is 9.84 Å². The Morgan fingerprint density at radius 1 is 1.20 bits per heavy atom. The summed E-state index contributed by atoms with van der Waals surface area (Å²) in [6, 6.07) is 8.39. The molecule has 160 valence electrons. The van der Waals surface area contributed by atoms with Crippen molar-refractivity contribution in [2.75, 3.05) is 11.6 Å². The van der Waals surface area contributed by atoms with E-state index in [0.29, 0.717) is 28.2 Å². The van der Waals surface area contributed by atoms with Crippen LogP contribution in [0.5, 0.6) is 0 Å². The Morgan fingerprint density at radius 3 is 2.60 bits per heavy atom. The molecule has 9 heteroatoms. The molecule has 2 aromatic heterocycles. The van der Waals surface area contributed by atoms with Crippen molar-refractivity contribution < 1.29 is 8.42 Å². The molecule has 0 bridgehead atoms. The number of aromatic nitrogens is 3. The fraction of sp³-hybridized carbons (Fsp3) is 0.381. The van der Waals surface area contributed by atoms with Crippen LogP contribution in [0.15, 0.2) is 41.3 Å². The van der Waals surface area contributed by atoms with E-state index in [1.54, 1.807) is 18.2 Å². The molecule has 7 nitrogen and oxygen atoms in total. The van der Waals surface area contributed by atoms with Gasteiger partial charge in [-0.3, -0.25) is 4.79 Å². The molecule has 0 saturated heterocycles. The van der Waals surface area contributed by atoms with Gasteiger partial charge in [0.2, 0.25) is 5.95 Å². The van der Waals surface area contributed by atoms with Gasteiger partial charge in [0, 0.05) is 23.4 Å². The van der Waals surface area contributed by atoms with Crippen molar-refractivity contribution in [2.45, 2.75) is 38.5 Å². The maximum absolute atomic E-state index is 12.6. The number of anilines is 1. The fourth-order valence-corrected chi connectivity index (χ4v) is 4.90. The van der Waals surface area contributed by atoms with E-state index in [4.69, 9.17) is 11.6 Å². The molecule has 0 aliphatic rings. The van der Waals surface area contributed by atoms with Crippen LogP contribution in [0.25, 0.3) is 10.9 Å². The van der Waals surface area contributed by atoms with Crippen LogP contribution in [0, 0.1) is 5.92 Å². The third kappa shape index (κ3) is 4.99. The minimum Gasteiger partial charge on any atom is -0.347 e. The van der Waals surface area contributed by atoms with Crippen molar-refractivity contribution in [3.63, 3.8) is 0 Å². The standard InChI is InChI=1S/C21H25ClN4O3S/c1-12(2)10-18(30(4,28)29)17-8-9-23-21(25-17)24-13(3)15-11-14-6-5-7-16(22)19(14)26-20(15)27/h5-9,11-13,18H,10H2,1-4H3,(H,26,27)(H,23,24,25)/t13-,18?/m0/s1. The van der Waals surface area contributed by atoms with Crippen LogP contribution in [0.2, 0.25) is 5.02 Å². The second-order valence-electron chi connectivity index (χ2n) is 7.88. The minimum atomic E-state index is -3.33. The largest absolute Gasteiger partial charge is 0.347 e. The third-order valence-corrected chi connectivity index (χ3v) is 6.66. The van der Waals surface area contributed by atoms with Crippen molar-refractivity contribution >= 4 is 38.3 Å². The highest BCUT2D eigenvalue weighted by atomic mass is 35.5. The smallest absolute Gasteiger partial charge is 0.253 e. The van der Waals surface area contributed by atoms with Crippen molar-refractivity contribution in [2.24, 2.45) is 5.92 Å². The first-order valence-corrected chi connectivity index (χ1v) is 12.0. The topological polar surface area (TPSA) is 105 Å². The number of nitrogens with one attached hydrogen (secondary N) is 2. The molecule has 0 radical (unpaired) electrons. The molecular weight excluding hydrogens is 424 g/mol. The molecule has 0 amide bonds. The molecular formula is C21H25ClN4O3S. The lowest BCUT2D eigenvalue weighted by molar-refractivity contribution is 0.531. The van der Waals surface area contributed by atoms with E-state index >= 15 is 0 Å².